The van der Waals surface area contributed by atoms with Crippen molar-refractivity contribution in [1.82, 2.24) is 28.5 Å². The first kappa shape index (κ1) is 38.1. The highest BCUT2D eigenvalue weighted by molar-refractivity contribution is 6.26. The lowest BCUT2D eigenvalue weighted by molar-refractivity contribution is 1.07. The summed E-state index contributed by atoms with van der Waals surface area (Å²) >= 11 is 0. The Kier molecular flexibility index (Phi) is 8.48. The molecule has 0 amide bonds. The lowest BCUT2D eigenvalue weighted by Crippen LogP contribution is -2.02. The van der Waals surface area contributed by atoms with Gasteiger partial charge in [0.25, 0.3) is 0 Å². The van der Waals surface area contributed by atoms with Gasteiger partial charge in [-0.2, -0.15) is 0 Å². The normalized spacial score (nSPS) is 11.8. The molecule has 6 nitrogen and oxygen atoms in total. The van der Waals surface area contributed by atoms with Gasteiger partial charge in [-0.15, -0.1) is 10.2 Å². The zero-order valence-electron chi connectivity index (χ0n) is 36.8. The lowest BCUT2D eigenvalue weighted by Gasteiger charge is -2.18. The van der Waals surface area contributed by atoms with Gasteiger partial charge < -0.3 is 13.7 Å². The molecule has 4 aromatic heterocycles. The monoisotopic (exact) mass is 868 g/mol. The average molecular weight is 869 g/mol. The standard InChI is InChI=1S/C62H40N6/c1-4-21-41(22-5-1)61-63-64-62(66(61)43-25-8-3-9-26-43)50-32-20-38-56-58(50)48-30-13-18-36-54(48)67(56)52-34-16-10-27-44(52)45-28-11-17-35-53(45)68-55-37-19-14-31-49(55)59-57(68)40-39-47-46-29-12-15-33-51(46)65(60(47)59)42-23-6-2-7-24-42/h1-40H. The third-order valence-electron chi connectivity index (χ3n) is 13.7. The first-order valence-electron chi connectivity index (χ1n) is 23.1. The molecule has 6 heteroatoms. The molecule has 0 spiro atoms. The Balaban J connectivity index is 1.02. The molecule has 14 rings (SSSR count). The van der Waals surface area contributed by atoms with Gasteiger partial charge in [-0.3, -0.25) is 4.57 Å². The minimum Gasteiger partial charge on any atom is -0.309 e. The summed E-state index contributed by atoms with van der Waals surface area (Å²) < 4.78 is 9.56. The Hall–Kier alpha value is -9.26. The van der Waals surface area contributed by atoms with E-state index in [1.807, 2.05) is 12.1 Å². The van der Waals surface area contributed by atoms with E-state index in [0.717, 1.165) is 89.5 Å². The van der Waals surface area contributed by atoms with E-state index in [1.54, 1.807) is 0 Å². The number of hydrogen-bond acceptors (Lipinski definition) is 2. The molecule has 0 fully saturated rings. The van der Waals surface area contributed by atoms with Crippen LogP contribution in [0, 0.1) is 0 Å². The molecule has 68 heavy (non-hydrogen) atoms. The summed E-state index contributed by atoms with van der Waals surface area (Å²) in [5.74, 6) is 1.58. The molecule has 0 atom stereocenters. The van der Waals surface area contributed by atoms with Crippen LogP contribution in [0.3, 0.4) is 0 Å². The molecule has 0 saturated carbocycles. The summed E-state index contributed by atoms with van der Waals surface area (Å²) in [6, 6.07) is 86.9. The Morgan fingerprint density at radius 3 is 1.32 bits per heavy atom. The molecular formula is C62H40N6. The molecule has 14 aromatic rings. The van der Waals surface area contributed by atoms with Crippen molar-refractivity contribution in [2.24, 2.45) is 0 Å². The number of nitrogens with zero attached hydrogens (tertiary/aromatic N) is 6. The highest BCUT2D eigenvalue weighted by Crippen LogP contribution is 2.46. The Labute approximate surface area is 391 Å². The number of hydrogen-bond donors (Lipinski definition) is 0. The maximum atomic E-state index is 4.99. The van der Waals surface area contributed by atoms with E-state index >= 15 is 0 Å². The molecule has 0 bridgehead atoms. The van der Waals surface area contributed by atoms with Gasteiger partial charge in [0.15, 0.2) is 11.6 Å². The molecule has 0 unspecified atom stereocenters. The molecule has 0 saturated heterocycles. The van der Waals surface area contributed by atoms with Crippen molar-refractivity contribution >= 4 is 65.4 Å². The van der Waals surface area contributed by atoms with Crippen molar-refractivity contribution in [3.8, 4) is 56.7 Å². The number of para-hydroxylation sites is 7. The fourth-order valence-electron chi connectivity index (χ4n) is 10.9. The van der Waals surface area contributed by atoms with Crippen LogP contribution >= 0.6 is 0 Å². The van der Waals surface area contributed by atoms with Crippen molar-refractivity contribution in [3.63, 3.8) is 0 Å². The zero-order chi connectivity index (χ0) is 44.7. The fourth-order valence-corrected chi connectivity index (χ4v) is 10.9. The molecule has 0 N–H and O–H groups in total. The van der Waals surface area contributed by atoms with Crippen LogP contribution in [0.1, 0.15) is 0 Å². The van der Waals surface area contributed by atoms with E-state index in [9.17, 15) is 0 Å². The van der Waals surface area contributed by atoms with Gasteiger partial charge in [-0.05, 0) is 66.7 Å². The number of aromatic nitrogens is 6. The summed E-state index contributed by atoms with van der Waals surface area (Å²) in [5, 5.41) is 17.0. The molecule has 0 radical (unpaired) electrons. The van der Waals surface area contributed by atoms with Crippen LogP contribution in [0.25, 0.3) is 122 Å². The van der Waals surface area contributed by atoms with Crippen LogP contribution in [0.15, 0.2) is 243 Å². The van der Waals surface area contributed by atoms with Crippen molar-refractivity contribution in [3.05, 3.63) is 243 Å². The van der Waals surface area contributed by atoms with Gasteiger partial charge in [0, 0.05) is 65.9 Å². The van der Waals surface area contributed by atoms with Crippen LogP contribution in [-0.2, 0) is 0 Å². The van der Waals surface area contributed by atoms with Crippen molar-refractivity contribution in [2.75, 3.05) is 0 Å². The molecule has 0 aliphatic rings. The van der Waals surface area contributed by atoms with Gasteiger partial charge in [0.05, 0.1) is 44.5 Å². The van der Waals surface area contributed by atoms with Gasteiger partial charge >= 0.3 is 0 Å². The average Bonchev–Trinajstić information content (AvgIpc) is 4.18. The van der Waals surface area contributed by atoms with Crippen LogP contribution in [-0.4, -0.2) is 28.5 Å². The van der Waals surface area contributed by atoms with Crippen LogP contribution < -0.4 is 0 Å². The molecule has 0 aliphatic carbocycles. The number of fused-ring (bicyclic) bond motifs is 10. The van der Waals surface area contributed by atoms with Crippen molar-refractivity contribution in [2.45, 2.75) is 0 Å². The van der Waals surface area contributed by atoms with Gasteiger partial charge in [-0.1, -0.05) is 176 Å². The minimum atomic E-state index is 0.786. The minimum absolute atomic E-state index is 0.786. The quantitative estimate of drug-likeness (QED) is 0.160. The second-order valence-electron chi connectivity index (χ2n) is 17.4. The Morgan fingerprint density at radius 1 is 0.250 bits per heavy atom. The number of benzene rings is 10. The second kappa shape index (κ2) is 15.2. The summed E-state index contributed by atoms with van der Waals surface area (Å²) in [6.45, 7) is 0. The van der Waals surface area contributed by atoms with E-state index in [1.165, 1.54) is 32.6 Å². The van der Waals surface area contributed by atoms with Gasteiger partial charge in [-0.25, -0.2) is 0 Å². The highest BCUT2D eigenvalue weighted by atomic mass is 15.3. The first-order valence-corrected chi connectivity index (χ1v) is 23.1. The molecule has 0 aliphatic heterocycles. The maximum absolute atomic E-state index is 4.99. The summed E-state index contributed by atoms with van der Waals surface area (Å²) in [7, 11) is 0. The third-order valence-corrected chi connectivity index (χ3v) is 13.7. The van der Waals surface area contributed by atoms with Crippen molar-refractivity contribution < 1.29 is 0 Å². The van der Waals surface area contributed by atoms with E-state index in [-0.39, 0.29) is 0 Å². The summed E-state index contributed by atoms with van der Waals surface area (Å²) in [5.41, 5.74) is 15.5. The predicted molar refractivity (Wildman–Crippen MR) is 281 cm³/mol. The fraction of sp³-hybridized carbons (Fsp3) is 0. The van der Waals surface area contributed by atoms with Crippen LogP contribution in [0.2, 0.25) is 0 Å². The maximum Gasteiger partial charge on any atom is 0.169 e. The summed E-state index contributed by atoms with van der Waals surface area (Å²) in [4.78, 5) is 0. The largest absolute Gasteiger partial charge is 0.309 e. The summed E-state index contributed by atoms with van der Waals surface area (Å²) in [6.07, 6.45) is 0. The Morgan fingerprint density at radius 2 is 0.691 bits per heavy atom. The second-order valence-corrected chi connectivity index (χ2v) is 17.4. The highest BCUT2D eigenvalue weighted by Gasteiger charge is 2.26. The molecule has 10 aromatic carbocycles. The molecule has 4 heterocycles. The van der Waals surface area contributed by atoms with E-state index in [4.69, 9.17) is 10.2 Å². The van der Waals surface area contributed by atoms with Gasteiger partial charge in [0.1, 0.15) is 0 Å². The SMILES string of the molecule is c1ccc(-c2nnc(-c3cccc4c3c3ccccc3n4-c3ccccc3-c3ccccc3-n3c4ccccc4c4c3ccc3c5ccccc5n(-c5ccccc5)c34)n2-c2ccccc2)cc1. The zero-order valence-corrected chi connectivity index (χ0v) is 36.8. The Bertz CT molecular complexity index is 4250. The van der Waals surface area contributed by atoms with E-state index < -0.39 is 0 Å². The predicted octanol–water partition coefficient (Wildman–Crippen LogP) is 15.6. The smallest absolute Gasteiger partial charge is 0.169 e. The van der Waals surface area contributed by atoms with Gasteiger partial charge in [0.2, 0.25) is 0 Å². The third kappa shape index (κ3) is 5.58. The van der Waals surface area contributed by atoms with Crippen LogP contribution in [0.4, 0.5) is 0 Å². The van der Waals surface area contributed by atoms with E-state index in [2.05, 4.69) is 249 Å². The van der Waals surface area contributed by atoms with Crippen LogP contribution in [0.5, 0.6) is 0 Å². The molecular weight excluding hydrogens is 829 g/mol. The van der Waals surface area contributed by atoms with Crippen molar-refractivity contribution in [1.29, 1.82) is 0 Å². The topological polar surface area (TPSA) is 45.5 Å². The number of rotatable bonds is 7. The molecule has 318 valence electrons. The first-order chi connectivity index (χ1) is 33.8. The lowest BCUT2D eigenvalue weighted by atomic mass is 10.0. The van der Waals surface area contributed by atoms with E-state index in [0.29, 0.717) is 0 Å².